The van der Waals surface area contributed by atoms with Crippen LogP contribution in [0.3, 0.4) is 0 Å². The molecule has 1 aliphatic rings. The average Bonchev–Trinajstić information content (AvgIpc) is 2.86. The highest BCUT2D eigenvalue weighted by Gasteiger charge is 2.28. The zero-order valence-electron chi connectivity index (χ0n) is 10.8. The van der Waals surface area contributed by atoms with Crippen LogP contribution in [0.4, 0.5) is 0 Å². The van der Waals surface area contributed by atoms with E-state index in [0.717, 1.165) is 13.0 Å². The first-order valence-corrected chi connectivity index (χ1v) is 6.34. The molecule has 0 aromatic carbocycles. The van der Waals surface area contributed by atoms with Gasteiger partial charge in [0.1, 0.15) is 6.10 Å². The first-order chi connectivity index (χ1) is 8.08. The van der Waals surface area contributed by atoms with Crippen LogP contribution in [-0.4, -0.2) is 38.8 Å². The smallest absolute Gasteiger partial charge is 0.255 e. The number of hydrogen-bond donors (Lipinski definition) is 1. The molecule has 2 unspecified atom stereocenters. The van der Waals surface area contributed by atoms with Crippen molar-refractivity contribution in [2.45, 2.75) is 58.2 Å². The van der Waals surface area contributed by atoms with Gasteiger partial charge in [0, 0.05) is 18.5 Å². The van der Waals surface area contributed by atoms with Gasteiger partial charge < -0.3 is 9.63 Å². The van der Waals surface area contributed by atoms with Gasteiger partial charge in [0.2, 0.25) is 0 Å². The van der Waals surface area contributed by atoms with E-state index in [-0.39, 0.29) is 0 Å². The van der Waals surface area contributed by atoms with Crippen molar-refractivity contribution in [3.05, 3.63) is 11.7 Å². The molecule has 17 heavy (non-hydrogen) atoms. The minimum absolute atomic E-state index is 0.314. The highest BCUT2D eigenvalue weighted by atomic mass is 16.5. The maximum Gasteiger partial charge on any atom is 0.255 e. The molecule has 2 rings (SSSR count). The molecule has 1 fully saturated rings. The third-order valence-corrected chi connectivity index (χ3v) is 3.35. The molecule has 5 nitrogen and oxygen atoms in total. The Morgan fingerprint density at radius 3 is 2.82 bits per heavy atom. The molecule has 1 aromatic rings. The maximum absolute atomic E-state index is 9.33. The van der Waals surface area contributed by atoms with Gasteiger partial charge in [-0.2, -0.15) is 4.98 Å². The second-order valence-electron chi connectivity index (χ2n) is 5.06. The van der Waals surface area contributed by atoms with Crippen LogP contribution in [0.2, 0.25) is 0 Å². The predicted octanol–water partition coefficient (Wildman–Crippen LogP) is 1.54. The van der Waals surface area contributed by atoms with Crippen molar-refractivity contribution in [2.75, 3.05) is 6.54 Å². The van der Waals surface area contributed by atoms with Crippen LogP contribution in [-0.2, 0) is 6.42 Å². The Hall–Kier alpha value is -0.940. The molecule has 0 spiro atoms. The van der Waals surface area contributed by atoms with Crippen LogP contribution < -0.4 is 0 Å². The fourth-order valence-corrected chi connectivity index (χ4v) is 2.49. The van der Waals surface area contributed by atoms with Gasteiger partial charge in [-0.15, -0.1) is 0 Å². The van der Waals surface area contributed by atoms with Gasteiger partial charge >= 0.3 is 0 Å². The number of aromatic nitrogens is 2. The lowest BCUT2D eigenvalue weighted by molar-refractivity contribution is 0.151. The second-order valence-corrected chi connectivity index (χ2v) is 5.06. The van der Waals surface area contributed by atoms with Gasteiger partial charge in [0.05, 0.1) is 0 Å². The van der Waals surface area contributed by atoms with E-state index in [9.17, 15) is 5.11 Å². The first kappa shape index (κ1) is 12.5. The molecular formula is C12H21N3O2. The van der Waals surface area contributed by atoms with Crippen molar-refractivity contribution >= 4 is 0 Å². The van der Waals surface area contributed by atoms with Crippen LogP contribution in [0.1, 0.15) is 51.4 Å². The summed E-state index contributed by atoms with van der Waals surface area (Å²) in [7, 11) is 0. The average molecular weight is 239 g/mol. The number of hydrogen-bond acceptors (Lipinski definition) is 5. The summed E-state index contributed by atoms with van der Waals surface area (Å²) in [6.45, 7) is 7.22. The van der Waals surface area contributed by atoms with Crippen LogP contribution in [0.15, 0.2) is 4.52 Å². The molecule has 0 bridgehead atoms. The van der Waals surface area contributed by atoms with Crippen LogP contribution >= 0.6 is 0 Å². The lowest BCUT2D eigenvalue weighted by Crippen LogP contribution is -2.36. The molecule has 5 heteroatoms. The summed E-state index contributed by atoms with van der Waals surface area (Å²) in [5.41, 5.74) is 0. The Morgan fingerprint density at radius 2 is 2.24 bits per heavy atom. The number of aliphatic hydroxyl groups excluding tert-OH is 1. The molecule has 0 aliphatic carbocycles. The van der Waals surface area contributed by atoms with Gasteiger partial charge in [-0.25, -0.2) is 0 Å². The molecule has 0 amide bonds. The minimum Gasteiger partial charge on any atom is -0.384 e. The van der Waals surface area contributed by atoms with E-state index in [0.29, 0.717) is 23.8 Å². The Labute approximate surface area is 102 Å². The van der Waals surface area contributed by atoms with E-state index in [4.69, 9.17) is 4.52 Å². The Balaban J connectivity index is 1.99. The molecule has 1 saturated heterocycles. The molecular weight excluding hydrogens is 218 g/mol. The second kappa shape index (κ2) is 5.14. The normalized spacial score (nSPS) is 23.5. The number of nitrogens with zero attached hydrogens (tertiary/aromatic N) is 3. The van der Waals surface area contributed by atoms with E-state index < -0.39 is 6.10 Å². The van der Waals surface area contributed by atoms with E-state index in [2.05, 4.69) is 28.9 Å². The summed E-state index contributed by atoms with van der Waals surface area (Å²) in [6, 6.07) is 1.07. The number of rotatable bonds is 4. The van der Waals surface area contributed by atoms with Crippen LogP contribution in [0.25, 0.3) is 0 Å². The highest BCUT2D eigenvalue weighted by Crippen LogP contribution is 2.22. The lowest BCUT2D eigenvalue weighted by Gasteiger charge is -2.27. The Morgan fingerprint density at radius 1 is 1.47 bits per heavy atom. The van der Waals surface area contributed by atoms with Gasteiger partial charge in [-0.3, -0.25) is 4.90 Å². The monoisotopic (exact) mass is 239 g/mol. The molecule has 96 valence electrons. The summed E-state index contributed by atoms with van der Waals surface area (Å²) < 4.78 is 5.00. The predicted molar refractivity (Wildman–Crippen MR) is 63.5 cm³/mol. The fraction of sp³-hybridized carbons (Fsp3) is 0.833. The van der Waals surface area contributed by atoms with E-state index in [1.54, 1.807) is 6.92 Å². The largest absolute Gasteiger partial charge is 0.384 e. The third-order valence-electron chi connectivity index (χ3n) is 3.35. The van der Waals surface area contributed by atoms with Gasteiger partial charge in [-0.05, 0) is 40.2 Å². The third kappa shape index (κ3) is 2.84. The molecule has 1 N–H and O–H groups in total. The van der Waals surface area contributed by atoms with E-state index in [1.165, 1.54) is 12.8 Å². The zero-order valence-corrected chi connectivity index (χ0v) is 10.8. The van der Waals surface area contributed by atoms with Crippen molar-refractivity contribution in [1.82, 2.24) is 15.0 Å². The topological polar surface area (TPSA) is 62.4 Å². The quantitative estimate of drug-likeness (QED) is 0.863. The standard InChI is InChI=1S/C12H21N3O2/c1-8(2)15-6-4-5-10(15)7-11-13-12(9(3)16)17-14-11/h8-10,16H,4-7H2,1-3H3. The molecule has 0 saturated carbocycles. The number of likely N-dealkylation sites (tertiary alicyclic amines) is 1. The summed E-state index contributed by atoms with van der Waals surface area (Å²) in [5, 5.41) is 13.3. The van der Waals surface area contributed by atoms with Crippen molar-refractivity contribution in [3.63, 3.8) is 0 Å². The summed E-state index contributed by atoms with van der Waals surface area (Å²) in [5.74, 6) is 1.02. The number of aliphatic hydroxyl groups is 1. The van der Waals surface area contributed by atoms with Crippen LogP contribution in [0.5, 0.6) is 0 Å². The summed E-state index contributed by atoms with van der Waals surface area (Å²) in [4.78, 5) is 6.70. The molecule has 0 radical (unpaired) electrons. The van der Waals surface area contributed by atoms with Crippen LogP contribution in [0, 0.1) is 0 Å². The minimum atomic E-state index is -0.680. The van der Waals surface area contributed by atoms with E-state index in [1.807, 2.05) is 0 Å². The van der Waals surface area contributed by atoms with Crippen molar-refractivity contribution in [2.24, 2.45) is 0 Å². The highest BCUT2D eigenvalue weighted by molar-refractivity contribution is 4.94. The maximum atomic E-state index is 9.33. The Bertz CT molecular complexity index is 362. The summed E-state index contributed by atoms with van der Waals surface area (Å²) >= 11 is 0. The van der Waals surface area contributed by atoms with Crippen molar-refractivity contribution in [3.8, 4) is 0 Å². The van der Waals surface area contributed by atoms with Crippen molar-refractivity contribution in [1.29, 1.82) is 0 Å². The molecule has 2 atom stereocenters. The molecule has 2 heterocycles. The first-order valence-electron chi connectivity index (χ1n) is 6.34. The zero-order chi connectivity index (χ0) is 12.4. The Kier molecular flexibility index (Phi) is 3.79. The SMILES string of the molecule is CC(O)c1nc(CC2CCCN2C(C)C)no1. The van der Waals surface area contributed by atoms with Gasteiger partial charge in [-0.1, -0.05) is 5.16 Å². The van der Waals surface area contributed by atoms with E-state index >= 15 is 0 Å². The fourth-order valence-electron chi connectivity index (χ4n) is 2.49. The van der Waals surface area contributed by atoms with Crippen molar-refractivity contribution < 1.29 is 9.63 Å². The molecule has 1 aliphatic heterocycles. The summed E-state index contributed by atoms with van der Waals surface area (Å²) in [6.07, 6.45) is 2.57. The van der Waals surface area contributed by atoms with Gasteiger partial charge in [0.15, 0.2) is 5.82 Å². The molecule has 1 aromatic heterocycles. The van der Waals surface area contributed by atoms with Gasteiger partial charge in [0.25, 0.3) is 5.89 Å². The lowest BCUT2D eigenvalue weighted by atomic mass is 10.1.